The first-order valence-corrected chi connectivity index (χ1v) is 14.7. The third kappa shape index (κ3) is 6.92. The van der Waals surface area contributed by atoms with Gasteiger partial charge in [0.2, 0.25) is 5.95 Å². The van der Waals surface area contributed by atoms with Gasteiger partial charge in [0.05, 0.1) is 17.3 Å². The van der Waals surface area contributed by atoms with Crippen LogP contribution in [0.2, 0.25) is 10.0 Å². The smallest absolute Gasteiger partial charge is 0.323 e. The number of hydrogen-bond acceptors (Lipinski definition) is 5. The zero-order chi connectivity index (χ0) is 29.6. The van der Waals surface area contributed by atoms with E-state index in [4.69, 9.17) is 28.2 Å². The molecule has 3 aromatic carbocycles. The summed E-state index contributed by atoms with van der Waals surface area (Å²) in [6.07, 6.45) is 4.66. The van der Waals surface area contributed by atoms with E-state index in [9.17, 15) is 14.7 Å². The molecule has 1 saturated heterocycles. The molecule has 1 N–H and O–H groups in total. The minimum Gasteiger partial charge on any atom is -0.480 e. The number of aromatic nitrogens is 2. The standard InChI is InChI=1S/C33H32Cl2N4O3/c1-22-7-2-3-8-23(22)14-17-29-27(32(42)38(21-31(40)41)20-25-9-4-5-10-28(25)35)19-36-33(37-29)39-18-6-11-30(39)24-12-15-26(34)16-13-24/h2-5,7-10,12-13,15-16,19,30H,6,11,14,17-18,20-21H2,1H3,(H,40,41)/t30-/m0/s1. The van der Waals surface area contributed by atoms with Crippen LogP contribution in [0.3, 0.4) is 0 Å². The Morgan fingerprint density at radius 3 is 2.40 bits per heavy atom. The van der Waals surface area contributed by atoms with Crippen molar-refractivity contribution < 1.29 is 14.7 Å². The van der Waals surface area contributed by atoms with E-state index < -0.39 is 18.4 Å². The van der Waals surface area contributed by atoms with Crippen LogP contribution in [0.1, 0.15) is 57.2 Å². The van der Waals surface area contributed by atoms with Crippen molar-refractivity contribution in [2.75, 3.05) is 18.0 Å². The number of carbonyl (C=O) groups excluding carboxylic acids is 1. The summed E-state index contributed by atoms with van der Waals surface area (Å²) in [7, 11) is 0. The second kappa shape index (κ2) is 13.4. The van der Waals surface area contributed by atoms with Crippen molar-refractivity contribution in [2.45, 2.75) is 45.2 Å². The molecular weight excluding hydrogens is 571 g/mol. The van der Waals surface area contributed by atoms with Crippen molar-refractivity contribution >= 4 is 41.0 Å². The average Bonchev–Trinajstić information content (AvgIpc) is 3.47. The predicted octanol–water partition coefficient (Wildman–Crippen LogP) is 6.95. The molecule has 0 unspecified atom stereocenters. The molecule has 1 amide bonds. The summed E-state index contributed by atoms with van der Waals surface area (Å²) >= 11 is 12.5. The van der Waals surface area contributed by atoms with Gasteiger partial charge < -0.3 is 14.9 Å². The molecule has 7 nitrogen and oxygen atoms in total. The lowest BCUT2D eigenvalue weighted by molar-refractivity contribution is -0.137. The minimum absolute atomic E-state index is 0.0502. The SMILES string of the molecule is Cc1ccccc1CCc1nc(N2CCC[C@H]2c2ccc(Cl)cc2)ncc1C(=O)N(CC(=O)O)Cc1ccccc1Cl. The van der Waals surface area contributed by atoms with Gasteiger partial charge in [0, 0.05) is 29.3 Å². The van der Waals surface area contributed by atoms with Gasteiger partial charge in [-0.05, 0) is 73.1 Å². The third-order valence-electron chi connectivity index (χ3n) is 7.67. The van der Waals surface area contributed by atoms with E-state index >= 15 is 0 Å². The number of rotatable bonds is 10. The van der Waals surface area contributed by atoms with Gasteiger partial charge in [-0.3, -0.25) is 9.59 Å². The number of benzene rings is 3. The number of anilines is 1. The molecule has 1 atom stereocenters. The summed E-state index contributed by atoms with van der Waals surface area (Å²) in [5, 5.41) is 10.8. The van der Waals surface area contributed by atoms with Gasteiger partial charge in [-0.15, -0.1) is 0 Å². The van der Waals surface area contributed by atoms with Gasteiger partial charge >= 0.3 is 5.97 Å². The van der Waals surface area contributed by atoms with E-state index in [-0.39, 0.29) is 12.6 Å². The Kier molecular flexibility index (Phi) is 9.40. The Hall–Kier alpha value is -3.94. The minimum atomic E-state index is -1.11. The van der Waals surface area contributed by atoms with Crippen molar-refractivity contribution in [2.24, 2.45) is 0 Å². The van der Waals surface area contributed by atoms with Crippen LogP contribution in [0.25, 0.3) is 0 Å². The fraction of sp³-hybridized carbons (Fsp3) is 0.273. The Bertz CT molecular complexity index is 1580. The van der Waals surface area contributed by atoms with Gasteiger partial charge in [-0.2, -0.15) is 0 Å². The highest BCUT2D eigenvalue weighted by Crippen LogP contribution is 2.35. The second-order valence-electron chi connectivity index (χ2n) is 10.5. The number of aryl methyl sites for hydroxylation is 3. The number of aliphatic carboxylic acids is 1. The molecule has 1 aliphatic heterocycles. The van der Waals surface area contributed by atoms with Crippen LogP contribution in [0.5, 0.6) is 0 Å². The van der Waals surface area contributed by atoms with E-state index in [0.717, 1.165) is 36.1 Å². The average molecular weight is 604 g/mol. The van der Waals surface area contributed by atoms with Crippen LogP contribution in [-0.2, 0) is 24.2 Å². The second-order valence-corrected chi connectivity index (χ2v) is 11.3. The predicted molar refractivity (Wildman–Crippen MR) is 165 cm³/mol. The van der Waals surface area contributed by atoms with E-state index in [1.54, 1.807) is 24.4 Å². The van der Waals surface area contributed by atoms with Gasteiger partial charge in [0.15, 0.2) is 0 Å². The lowest BCUT2D eigenvalue weighted by atomic mass is 10.0. The number of hydrogen-bond donors (Lipinski definition) is 1. The first-order chi connectivity index (χ1) is 20.3. The van der Waals surface area contributed by atoms with Crippen molar-refractivity contribution in [1.29, 1.82) is 0 Å². The van der Waals surface area contributed by atoms with Crippen molar-refractivity contribution in [3.63, 3.8) is 0 Å². The Morgan fingerprint density at radius 1 is 0.976 bits per heavy atom. The van der Waals surface area contributed by atoms with E-state index in [0.29, 0.717) is 45.7 Å². The highest BCUT2D eigenvalue weighted by molar-refractivity contribution is 6.31. The molecule has 2 heterocycles. The van der Waals surface area contributed by atoms with E-state index in [1.165, 1.54) is 4.90 Å². The summed E-state index contributed by atoms with van der Waals surface area (Å²) in [6, 6.07) is 23.2. The molecule has 42 heavy (non-hydrogen) atoms. The monoisotopic (exact) mass is 602 g/mol. The fourth-order valence-corrected chi connectivity index (χ4v) is 5.78. The zero-order valence-electron chi connectivity index (χ0n) is 23.3. The number of nitrogens with zero attached hydrogens (tertiary/aromatic N) is 4. The Morgan fingerprint density at radius 2 is 1.69 bits per heavy atom. The quantitative estimate of drug-likeness (QED) is 0.211. The maximum atomic E-state index is 14.0. The molecule has 0 saturated carbocycles. The first-order valence-electron chi connectivity index (χ1n) is 14.0. The highest BCUT2D eigenvalue weighted by Gasteiger charge is 2.30. The van der Waals surface area contributed by atoms with Gasteiger partial charge in [0.25, 0.3) is 5.91 Å². The molecule has 0 bridgehead atoms. The first kappa shape index (κ1) is 29.5. The maximum Gasteiger partial charge on any atom is 0.323 e. The highest BCUT2D eigenvalue weighted by atomic mass is 35.5. The summed E-state index contributed by atoms with van der Waals surface area (Å²) in [6.45, 7) is 2.42. The van der Waals surface area contributed by atoms with Gasteiger partial charge in [0.1, 0.15) is 6.54 Å². The topological polar surface area (TPSA) is 86.6 Å². The van der Waals surface area contributed by atoms with Crippen molar-refractivity contribution in [3.05, 3.63) is 123 Å². The summed E-state index contributed by atoms with van der Waals surface area (Å²) in [5.41, 5.74) is 5.00. The largest absolute Gasteiger partial charge is 0.480 e. The van der Waals surface area contributed by atoms with Crippen LogP contribution in [0.4, 0.5) is 5.95 Å². The van der Waals surface area contributed by atoms with Crippen LogP contribution in [0, 0.1) is 6.92 Å². The van der Waals surface area contributed by atoms with E-state index in [2.05, 4.69) is 28.9 Å². The number of carbonyl (C=O) groups is 2. The number of carboxylic acid groups (broad SMARTS) is 1. The molecule has 4 aromatic rings. The molecular formula is C33H32Cl2N4O3. The summed E-state index contributed by atoms with van der Waals surface area (Å²) in [5.74, 6) is -1.00. The lowest BCUT2D eigenvalue weighted by Gasteiger charge is -2.27. The molecule has 1 aliphatic rings. The van der Waals surface area contributed by atoms with Crippen LogP contribution in [-0.4, -0.2) is 44.9 Å². The lowest BCUT2D eigenvalue weighted by Crippen LogP contribution is -2.36. The molecule has 216 valence electrons. The Balaban J connectivity index is 1.50. The number of carboxylic acids is 1. The van der Waals surface area contributed by atoms with Crippen molar-refractivity contribution in [3.8, 4) is 0 Å². The van der Waals surface area contributed by atoms with Gasteiger partial charge in [-0.25, -0.2) is 9.97 Å². The van der Waals surface area contributed by atoms with Gasteiger partial charge in [-0.1, -0.05) is 77.8 Å². The fourth-order valence-electron chi connectivity index (χ4n) is 5.46. The molecule has 9 heteroatoms. The number of halogens is 2. The zero-order valence-corrected chi connectivity index (χ0v) is 24.9. The molecule has 0 radical (unpaired) electrons. The summed E-state index contributed by atoms with van der Waals surface area (Å²) in [4.78, 5) is 38.8. The van der Waals surface area contributed by atoms with Crippen LogP contribution < -0.4 is 4.90 Å². The van der Waals surface area contributed by atoms with E-state index in [1.807, 2.05) is 42.5 Å². The Labute approximate surface area is 255 Å². The molecule has 0 aliphatic carbocycles. The molecule has 1 aromatic heterocycles. The molecule has 0 spiro atoms. The van der Waals surface area contributed by atoms with Crippen LogP contribution in [0.15, 0.2) is 79.0 Å². The number of amides is 1. The summed E-state index contributed by atoms with van der Waals surface area (Å²) < 4.78 is 0. The maximum absolute atomic E-state index is 14.0. The van der Waals surface area contributed by atoms with Crippen LogP contribution >= 0.6 is 23.2 Å². The molecule has 5 rings (SSSR count). The normalized spacial score (nSPS) is 14.6. The molecule has 1 fully saturated rings. The third-order valence-corrected chi connectivity index (χ3v) is 8.30. The van der Waals surface area contributed by atoms with Crippen molar-refractivity contribution in [1.82, 2.24) is 14.9 Å².